The summed E-state index contributed by atoms with van der Waals surface area (Å²) in [7, 11) is 4.48. The molecule has 1 fully saturated rings. The van der Waals surface area contributed by atoms with Gasteiger partial charge in [-0.25, -0.2) is 0 Å². The Kier molecular flexibility index (Phi) is 6.07. The number of nitrogens with zero attached hydrogens (tertiary/aromatic N) is 2. The molecule has 1 saturated heterocycles. The van der Waals surface area contributed by atoms with Crippen LogP contribution in [0.4, 0.5) is 5.69 Å². The molecule has 1 aromatic rings. The van der Waals surface area contributed by atoms with Crippen LogP contribution in [0.1, 0.15) is 38.3 Å². The lowest BCUT2D eigenvalue weighted by molar-refractivity contribution is 0.222. The van der Waals surface area contributed by atoms with Crippen LogP contribution in [0.3, 0.4) is 0 Å². The van der Waals surface area contributed by atoms with Gasteiger partial charge >= 0.3 is 0 Å². The summed E-state index contributed by atoms with van der Waals surface area (Å²) in [5, 5.41) is 3.53. The normalized spacial score (nSPS) is 18.7. The van der Waals surface area contributed by atoms with Crippen molar-refractivity contribution < 1.29 is 0 Å². The Morgan fingerprint density at radius 2 is 1.95 bits per heavy atom. The van der Waals surface area contributed by atoms with Crippen molar-refractivity contribution in [3.05, 3.63) is 29.8 Å². The molecule has 0 radical (unpaired) electrons. The van der Waals surface area contributed by atoms with Gasteiger partial charge in [0, 0.05) is 25.3 Å². The first-order chi connectivity index (χ1) is 10.1. The van der Waals surface area contributed by atoms with Crippen LogP contribution in [0.25, 0.3) is 0 Å². The van der Waals surface area contributed by atoms with Gasteiger partial charge in [-0.3, -0.25) is 0 Å². The highest BCUT2D eigenvalue weighted by Crippen LogP contribution is 2.27. The molecule has 2 rings (SSSR count). The van der Waals surface area contributed by atoms with Gasteiger partial charge in [-0.15, -0.1) is 0 Å². The van der Waals surface area contributed by atoms with Gasteiger partial charge in [-0.2, -0.15) is 0 Å². The molecule has 1 aliphatic rings. The molecule has 1 aliphatic heterocycles. The van der Waals surface area contributed by atoms with Gasteiger partial charge in [0.2, 0.25) is 0 Å². The monoisotopic (exact) mass is 289 g/mol. The predicted molar refractivity (Wildman–Crippen MR) is 92.0 cm³/mol. The largest absolute Gasteiger partial charge is 0.374 e. The van der Waals surface area contributed by atoms with E-state index in [4.69, 9.17) is 0 Å². The summed E-state index contributed by atoms with van der Waals surface area (Å²) in [5.41, 5.74) is 2.79. The van der Waals surface area contributed by atoms with Crippen molar-refractivity contribution in [1.29, 1.82) is 0 Å². The minimum Gasteiger partial charge on any atom is -0.374 e. The standard InChI is InChI=1S/C18H31N3/c1-5-19-15(2)17-8-6-7-9-18(17)21(4)14-16-10-12-20(3)13-11-16/h6-9,15-16,19H,5,10-14H2,1-4H3. The minimum atomic E-state index is 0.408. The smallest absolute Gasteiger partial charge is 0.0412 e. The molecule has 0 amide bonds. The maximum Gasteiger partial charge on any atom is 0.0412 e. The van der Waals surface area contributed by atoms with Crippen molar-refractivity contribution in [2.24, 2.45) is 5.92 Å². The maximum absolute atomic E-state index is 3.53. The van der Waals surface area contributed by atoms with Gasteiger partial charge in [-0.1, -0.05) is 25.1 Å². The molecule has 3 heteroatoms. The lowest BCUT2D eigenvalue weighted by Gasteiger charge is -2.33. The molecule has 21 heavy (non-hydrogen) atoms. The molecular weight excluding hydrogens is 258 g/mol. The third kappa shape index (κ3) is 4.45. The van der Waals surface area contributed by atoms with E-state index in [0.717, 1.165) is 12.5 Å². The molecule has 1 atom stereocenters. The number of hydrogen-bond donors (Lipinski definition) is 1. The van der Waals surface area contributed by atoms with Gasteiger partial charge < -0.3 is 15.1 Å². The summed E-state index contributed by atoms with van der Waals surface area (Å²) in [6.07, 6.45) is 2.65. The fourth-order valence-corrected chi connectivity index (χ4v) is 3.35. The molecule has 0 bridgehead atoms. The van der Waals surface area contributed by atoms with E-state index in [9.17, 15) is 0 Å². The van der Waals surface area contributed by atoms with Crippen molar-refractivity contribution >= 4 is 5.69 Å². The first-order valence-corrected chi connectivity index (χ1v) is 8.33. The van der Waals surface area contributed by atoms with Crippen molar-refractivity contribution in [2.45, 2.75) is 32.7 Å². The zero-order valence-electron chi connectivity index (χ0n) is 14.1. The second kappa shape index (κ2) is 7.81. The van der Waals surface area contributed by atoms with Gasteiger partial charge in [-0.05, 0) is 64.0 Å². The van der Waals surface area contributed by atoms with Gasteiger partial charge in [0.15, 0.2) is 0 Å². The van der Waals surface area contributed by atoms with Crippen LogP contribution in [0.2, 0.25) is 0 Å². The van der Waals surface area contributed by atoms with Crippen LogP contribution in [0, 0.1) is 5.92 Å². The Bertz CT molecular complexity index is 424. The fraction of sp³-hybridized carbons (Fsp3) is 0.667. The summed E-state index contributed by atoms with van der Waals surface area (Å²) >= 11 is 0. The third-order valence-corrected chi connectivity index (χ3v) is 4.70. The Hall–Kier alpha value is -1.06. The number of benzene rings is 1. The van der Waals surface area contributed by atoms with Gasteiger partial charge in [0.1, 0.15) is 0 Å². The zero-order valence-corrected chi connectivity index (χ0v) is 14.1. The lowest BCUT2D eigenvalue weighted by atomic mass is 9.96. The highest BCUT2D eigenvalue weighted by atomic mass is 15.1. The van der Waals surface area contributed by atoms with Crippen LogP contribution in [0.15, 0.2) is 24.3 Å². The Morgan fingerprint density at radius 1 is 1.29 bits per heavy atom. The Morgan fingerprint density at radius 3 is 2.62 bits per heavy atom. The maximum atomic E-state index is 3.53. The van der Waals surface area contributed by atoms with E-state index >= 15 is 0 Å². The molecule has 0 saturated carbocycles. The molecule has 0 aromatic heterocycles. The molecule has 118 valence electrons. The van der Waals surface area contributed by atoms with Crippen LogP contribution < -0.4 is 10.2 Å². The molecule has 0 spiro atoms. The summed E-state index contributed by atoms with van der Waals surface area (Å²) in [6, 6.07) is 9.23. The van der Waals surface area contributed by atoms with Crippen LogP contribution in [0.5, 0.6) is 0 Å². The molecule has 1 heterocycles. The second-order valence-corrected chi connectivity index (χ2v) is 6.47. The average molecular weight is 289 g/mol. The summed E-state index contributed by atoms with van der Waals surface area (Å²) in [6.45, 7) is 9.09. The molecular formula is C18H31N3. The first kappa shape index (κ1) is 16.3. The Labute approximate surface area is 130 Å². The molecule has 0 aliphatic carbocycles. The third-order valence-electron chi connectivity index (χ3n) is 4.70. The van der Waals surface area contributed by atoms with E-state index in [1.807, 2.05) is 0 Å². The van der Waals surface area contributed by atoms with E-state index < -0.39 is 0 Å². The van der Waals surface area contributed by atoms with E-state index in [-0.39, 0.29) is 0 Å². The number of rotatable bonds is 6. The van der Waals surface area contributed by atoms with Gasteiger partial charge in [0.05, 0.1) is 0 Å². The highest BCUT2D eigenvalue weighted by molar-refractivity contribution is 5.54. The number of likely N-dealkylation sites (tertiary alicyclic amines) is 1. The van der Waals surface area contributed by atoms with Crippen molar-refractivity contribution in [2.75, 3.05) is 45.2 Å². The minimum absolute atomic E-state index is 0.408. The number of para-hydroxylation sites is 1. The molecule has 1 N–H and O–H groups in total. The van der Waals surface area contributed by atoms with Crippen LogP contribution in [-0.4, -0.2) is 45.2 Å². The van der Waals surface area contributed by atoms with E-state index in [0.29, 0.717) is 6.04 Å². The van der Waals surface area contributed by atoms with Crippen LogP contribution in [-0.2, 0) is 0 Å². The number of nitrogens with one attached hydrogen (secondary N) is 1. The lowest BCUT2D eigenvalue weighted by Crippen LogP contribution is -2.36. The van der Waals surface area contributed by atoms with Crippen molar-refractivity contribution in [3.63, 3.8) is 0 Å². The quantitative estimate of drug-likeness (QED) is 0.868. The van der Waals surface area contributed by atoms with E-state index in [1.165, 1.54) is 43.7 Å². The number of hydrogen-bond acceptors (Lipinski definition) is 3. The fourth-order valence-electron chi connectivity index (χ4n) is 3.35. The number of piperidine rings is 1. The first-order valence-electron chi connectivity index (χ1n) is 8.33. The summed E-state index contributed by atoms with van der Waals surface area (Å²) in [4.78, 5) is 4.90. The Balaban J connectivity index is 2.03. The van der Waals surface area contributed by atoms with E-state index in [2.05, 4.69) is 67.3 Å². The van der Waals surface area contributed by atoms with Crippen LogP contribution >= 0.6 is 0 Å². The zero-order chi connectivity index (χ0) is 15.2. The average Bonchev–Trinajstić information content (AvgIpc) is 2.50. The molecule has 1 aromatic carbocycles. The number of anilines is 1. The van der Waals surface area contributed by atoms with E-state index in [1.54, 1.807) is 0 Å². The molecule has 1 unspecified atom stereocenters. The SMILES string of the molecule is CCNC(C)c1ccccc1N(C)CC1CCN(C)CC1. The summed E-state index contributed by atoms with van der Waals surface area (Å²) < 4.78 is 0. The van der Waals surface area contributed by atoms with Gasteiger partial charge in [0.25, 0.3) is 0 Å². The molecule has 3 nitrogen and oxygen atoms in total. The second-order valence-electron chi connectivity index (χ2n) is 6.47. The van der Waals surface area contributed by atoms with Crippen molar-refractivity contribution in [1.82, 2.24) is 10.2 Å². The summed E-state index contributed by atoms with van der Waals surface area (Å²) in [5.74, 6) is 0.827. The predicted octanol–water partition coefficient (Wildman–Crippen LogP) is 3.14. The van der Waals surface area contributed by atoms with Crippen molar-refractivity contribution in [3.8, 4) is 0 Å². The topological polar surface area (TPSA) is 18.5 Å². The highest BCUT2D eigenvalue weighted by Gasteiger charge is 2.20.